The van der Waals surface area contributed by atoms with Crippen molar-refractivity contribution in [1.29, 1.82) is 0 Å². The van der Waals surface area contributed by atoms with Gasteiger partial charge in [-0.1, -0.05) is 11.8 Å². The van der Waals surface area contributed by atoms with Crippen LogP contribution in [0, 0.1) is 13.8 Å². The number of hydrogen-bond acceptors (Lipinski definition) is 8. The fourth-order valence-corrected chi connectivity index (χ4v) is 4.36. The van der Waals surface area contributed by atoms with Gasteiger partial charge >= 0.3 is 0 Å². The van der Waals surface area contributed by atoms with E-state index in [1.807, 2.05) is 18.4 Å². The summed E-state index contributed by atoms with van der Waals surface area (Å²) in [5.74, 6) is 0.755. The number of carbonyl (C=O) groups excluding carboxylic acids is 1. The van der Waals surface area contributed by atoms with E-state index in [0.717, 1.165) is 17.0 Å². The van der Waals surface area contributed by atoms with E-state index in [1.54, 1.807) is 21.1 Å². The molecule has 1 aliphatic rings. The van der Waals surface area contributed by atoms with Crippen LogP contribution in [-0.2, 0) is 19.0 Å². The fourth-order valence-electron chi connectivity index (χ4n) is 3.25. The van der Waals surface area contributed by atoms with Crippen LogP contribution in [0.3, 0.4) is 0 Å². The number of fused-ring (bicyclic) bond motifs is 1. The highest BCUT2D eigenvalue weighted by Gasteiger charge is 2.48. The van der Waals surface area contributed by atoms with Crippen molar-refractivity contribution in [3.05, 3.63) is 17.8 Å². The van der Waals surface area contributed by atoms with Gasteiger partial charge in [0.2, 0.25) is 0 Å². The largest absolute Gasteiger partial charge is 0.382 e. The van der Waals surface area contributed by atoms with Crippen LogP contribution in [0.2, 0.25) is 0 Å². The quantitative estimate of drug-likeness (QED) is 0.789. The minimum atomic E-state index is -0.432. The van der Waals surface area contributed by atoms with E-state index < -0.39 is 6.23 Å². The molecular formula is C16H22N4O4S. The molecule has 1 saturated heterocycles. The number of nitrogens with zero attached hydrogens (tertiary/aromatic N) is 4. The van der Waals surface area contributed by atoms with Gasteiger partial charge in [0.05, 0.1) is 17.6 Å². The van der Waals surface area contributed by atoms with E-state index in [4.69, 9.17) is 14.2 Å². The number of aromatic nitrogens is 4. The number of thioether (sulfide) groups is 1. The van der Waals surface area contributed by atoms with Crippen molar-refractivity contribution in [1.82, 2.24) is 19.5 Å². The molecule has 9 heteroatoms. The van der Waals surface area contributed by atoms with Crippen LogP contribution in [0.5, 0.6) is 0 Å². The van der Waals surface area contributed by atoms with Gasteiger partial charge < -0.3 is 14.2 Å². The molecule has 0 radical (unpaired) electrons. The van der Waals surface area contributed by atoms with Gasteiger partial charge in [0.15, 0.2) is 17.0 Å². The van der Waals surface area contributed by atoms with Crippen LogP contribution in [0.4, 0.5) is 0 Å². The molecule has 1 unspecified atom stereocenters. The average Bonchev–Trinajstić information content (AvgIpc) is 3.05. The fraction of sp³-hybridized carbons (Fsp3) is 0.625. The Morgan fingerprint density at radius 3 is 2.76 bits per heavy atom. The van der Waals surface area contributed by atoms with E-state index >= 15 is 0 Å². The van der Waals surface area contributed by atoms with E-state index in [1.165, 1.54) is 18.1 Å². The third kappa shape index (κ3) is 3.29. The van der Waals surface area contributed by atoms with E-state index in [-0.39, 0.29) is 22.6 Å². The summed E-state index contributed by atoms with van der Waals surface area (Å²) < 4.78 is 19.1. The van der Waals surface area contributed by atoms with Crippen LogP contribution >= 0.6 is 11.8 Å². The minimum Gasteiger partial charge on any atom is -0.382 e. The number of imidazole rings is 1. The van der Waals surface area contributed by atoms with Gasteiger partial charge in [-0.15, -0.1) is 0 Å². The summed E-state index contributed by atoms with van der Waals surface area (Å²) in [6.07, 6.45) is 0.520. The zero-order valence-corrected chi connectivity index (χ0v) is 15.7. The smallest absolute Gasteiger partial charge is 0.186 e. The van der Waals surface area contributed by atoms with Gasteiger partial charge in [-0.2, -0.15) is 0 Å². The van der Waals surface area contributed by atoms with Gasteiger partial charge in [0.1, 0.15) is 29.9 Å². The molecule has 0 bridgehead atoms. The molecule has 8 nitrogen and oxygen atoms in total. The molecule has 4 atom stereocenters. The first-order valence-corrected chi connectivity index (χ1v) is 8.86. The molecule has 2 aromatic heterocycles. The second-order valence-electron chi connectivity index (χ2n) is 5.96. The highest BCUT2D eigenvalue weighted by Crippen LogP contribution is 2.41. The van der Waals surface area contributed by atoms with Crippen LogP contribution in [0.25, 0.3) is 11.2 Å². The molecule has 0 aliphatic carbocycles. The number of aryl methyl sites for hydroxylation is 2. The van der Waals surface area contributed by atoms with Crippen LogP contribution in [0.15, 0.2) is 6.33 Å². The van der Waals surface area contributed by atoms with Crippen molar-refractivity contribution >= 4 is 28.0 Å². The monoisotopic (exact) mass is 366 g/mol. The summed E-state index contributed by atoms with van der Waals surface area (Å²) in [5.41, 5.74) is 2.23. The summed E-state index contributed by atoms with van der Waals surface area (Å²) in [7, 11) is 3.24. The molecule has 0 spiro atoms. The molecule has 1 aliphatic heterocycles. The molecule has 1 fully saturated rings. The molecule has 0 saturated carbocycles. The summed E-state index contributed by atoms with van der Waals surface area (Å²) in [6.45, 7) is 5.71. The van der Waals surface area contributed by atoms with Gasteiger partial charge in [-0.25, -0.2) is 15.0 Å². The molecule has 25 heavy (non-hydrogen) atoms. The first kappa shape index (κ1) is 18.2. The van der Waals surface area contributed by atoms with Gasteiger partial charge in [0, 0.05) is 21.1 Å². The zero-order valence-electron chi connectivity index (χ0n) is 14.9. The molecule has 2 aromatic rings. The Balaban J connectivity index is 2.08. The molecule has 3 rings (SSSR count). The van der Waals surface area contributed by atoms with Crippen molar-refractivity contribution in [3.63, 3.8) is 0 Å². The molecule has 136 valence electrons. The molecule has 0 amide bonds. The third-order valence-electron chi connectivity index (χ3n) is 4.28. The number of rotatable bonds is 5. The summed E-state index contributed by atoms with van der Waals surface area (Å²) in [6, 6.07) is 0. The number of carbonyl (C=O) groups is 1. The maximum absolute atomic E-state index is 11.8. The van der Waals surface area contributed by atoms with Crippen molar-refractivity contribution < 1.29 is 19.0 Å². The third-order valence-corrected chi connectivity index (χ3v) is 5.39. The Bertz CT molecular complexity index is 781. The summed E-state index contributed by atoms with van der Waals surface area (Å²) >= 11 is 1.22. The lowest BCUT2D eigenvalue weighted by atomic mass is 10.2. The Kier molecular flexibility index (Phi) is 5.38. The lowest BCUT2D eigenvalue weighted by molar-refractivity contribution is -0.109. The van der Waals surface area contributed by atoms with Crippen molar-refractivity contribution in [3.8, 4) is 0 Å². The van der Waals surface area contributed by atoms with Crippen LogP contribution in [-0.4, -0.2) is 62.9 Å². The zero-order chi connectivity index (χ0) is 18.1. The molecule has 0 N–H and O–H groups in total. The molecule has 3 heterocycles. The SMILES string of the molecule is COC[C@@H]1O[C@H](n2c(C)nc3c(C)ncnc32)[C@@H](SC(C)=O)C1OC. The summed E-state index contributed by atoms with van der Waals surface area (Å²) in [4.78, 5) is 25.0. The van der Waals surface area contributed by atoms with E-state index in [9.17, 15) is 4.79 Å². The Labute approximate surface area is 150 Å². The van der Waals surface area contributed by atoms with Gasteiger partial charge in [-0.3, -0.25) is 9.36 Å². The maximum atomic E-state index is 11.8. The average molecular weight is 366 g/mol. The standard InChI is InChI=1S/C16H22N4O4S/c1-8-12-15(18-7-17-8)20(9(2)19-12)16-14(25-10(3)21)13(23-5)11(24-16)6-22-4/h7,11,13-14,16H,6H2,1-5H3/t11-,13?,14-,16-/m0/s1. The van der Waals surface area contributed by atoms with E-state index in [0.29, 0.717) is 12.3 Å². The number of ether oxygens (including phenoxy) is 3. The number of methoxy groups -OCH3 is 2. The predicted molar refractivity (Wildman–Crippen MR) is 93.4 cm³/mol. The van der Waals surface area contributed by atoms with Gasteiger partial charge in [-0.05, 0) is 13.8 Å². The summed E-state index contributed by atoms with van der Waals surface area (Å²) in [5, 5.41) is -0.222. The second kappa shape index (κ2) is 7.36. The first-order valence-electron chi connectivity index (χ1n) is 7.98. The highest BCUT2D eigenvalue weighted by atomic mass is 32.2. The van der Waals surface area contributed by atoms with Crippen molar-refractivity contribution in [2.24, 2.45) is 0 Å². The van der Waals surface area contributed by atoms with Crippen LogP contribution < -0.4 is 0 Å². The normalized spacial score (nSPS) is 26.4. The second-order valence-corrected chi connectivity index (χ2v) is 7.31. The lowest BCUT2D eigenvalue weighted by Gasteiger charge is -2.22. The number of hydrogen-bond donors (Lipinski definition) is 0. The first-order chi connectivity index (χ1) is 12.0. The van der Waals surface area contributed by atoms with Crippen molar-refractivity contribution in [2.45, 2.75) is 44.5 Å². The predicted octanol–water partition coefficient (Wildman–Crippen LogP) is 1.65. The maximum Gasteiger partial charge on any atom is 0.186 e. The minimum absolute atomic E-state index is 0.00611. The van der Waals surface area contributed by atoms with E-state index in [2.05, 4.69) is 15.0 Å². The Morgan fingerprint density at radius 2 is 2.12 bits per heavy atom. The Hall–Kier alpha value is -1.55. The molecule has 0 aromatic carbocycles. The highest BCUT2D eigenvalue weighted by molar-refractivity contribution is 8.14. The Morgan fingerprint density at radius 1 is 1.36 bits per heavy atom. The lowest BCUT2D eigenvalue weighted by Crippen LogP contribution is -2.34. The van der Waals surface area contributed by atoms with Crippen LogP contribution in [0.1, 0.15) is 24.7 Å². The van der Waals surface area contributed by atoms with Crippen molar-refractivity contribution in [2.75, 3.05) is 20.8 Å². The topological polar surface area (TPSA) is 88.4 Å². The molecular weight excluding hydrogens is 344 g/mol. The van der Waals surface area contributed by atoms with Gasteiger partial charge in [0.25, 0.3) is 0 Å².